The zero-order chi connectivity index (χ0) is 15.6. The Morgan fingerprint density at radius 1 is 1.17 bits per heavy atom. The van der Waals surface area contributed by atoms with Gasteiger partial charge in [0.1, 0.15) is 5.82 Å². The average molecular weight is 330 g/mol. The number of morpholine rings is 1. The van der Waals surface area contributed by atoms with Gasteiger partial charge in [0, 0.05) is 31.7 Å². The Balaban J connectivity index is 1.57. The summed E-state index contributed by atoms with van der Waals surface area (Å²) in [5.41, 5.74) is 2.75. The molecule has 1 aliphatic heterocycles. The Morgan fingerprint density at radius 3 is 2.83 bits per heavy atom. The summed E-state index contributed by atoms with van der Waals surface area (Å²) in [4.78, 5) is 11.1. The lowest BCUT2D eigenvalue weighted by Gasteiger charge is -2.28. The van der Waals surface area contributed by atoms with Crippen molar-refractivity contribution in [2.24, 2.45) is 0 Å². The number of fused-ring (bicyclic) bond motifs is 1. The molecular weight excluding hydrogens is 314 g/mol. The molecule has 0 saturated carbocycles. The van der Waals surface area contributed by atoms with E-state index in [1.807, 2.05) is 35.1 Å². The number of aromatic nitrogens is 3. The van der Waals surface area contributed by atoms with Crippen molar-refractivity contribution < 1.29 is 4.74 Å². The van der Waals surface area contributed by atoms with Gasteiger partial charge in [-0.2, -0.15) is 0 Å². The highest BCUT2D eigenvalue weighted by Gasteiger charge is 2.12. The van der Waals surface area contributed by atoms with Crippen molar-refractivity contribution in [3.63, 3.8) is 0 Å². The fourth-order valence-corrected chi connectivity index (χ4v) is 2.91. The largest absolute Gasteiger partial charge is 0.378 e. The van der Waals surface area contributed by atoms with Gasteiger partial charge in [-0.15, -0.1) is 0 Å². The normalized spacial score (nSPS) is 15.1. The van der Waals surface area contributed by atoms with Crippen LogP contribution >= 0.6 is 11.6 Å². The zero-order valence-corrected chi connectivity index (χ0v) is 13.2. The Kier molecular flexibility index (Phi) is 3.77. The molecule has 6 nitrogen and oxygen atoms in total. The van der Waals surface area contributed by atoms with Gasteiger partial charge in [-0.25, -0.2) is 9.97 Å². The van der Waals surface area contributed by atoms with Gasteiger partial charge in [0.2, 0.25) is 0 Å². The van der Waals surface area contributed by atoms with Crippen LogP contribution in [0.4, 0.5) is 17.2 Å². The molecule has 1 aliphatic rings. The van der Waals surface area contributed by atoms with Crippen LogP contribution in [-0.4, -0.2) is 40.7 Å². The summed E-state index contributed by atoms with van der Waals surface area (Å²) >= 11 is 6.15. The standard InChI is InChI=1S/C16H16ClN5O/c17-12-9-14(16-18-3-4-22(16)11-12)20-15-2-1-13(10-19-15)21-5-7-23-8-6-21/h1-4,9-11H,5-8H2,(H,19,20). The number of hydrogen-bond acceptors (Lipinski definition) is 5. The second-order valence-electron chi connectivity index (χ2n) is 5.36. The summed E-state index contributed by atoms with van der Waals surface area (Å²) in [6.07, 6.45) is 7.30. The lowest BCUT2D eigenvalue weighted by Crippen LogP contribution is -2.36. The summed E-state index contributed by atoms with van der Waals surface area (Å²) in [5.74, 6) is 0.758. The molecule has 23 heavy (non-hydrogen) atoms. The monoisotopic (exact) mass is 329 g/mol. The Hall–Kier alpha value is -2.31. The number of hydrogen-bond donors (Lipinski definition) is 1. The number of nitrogens with zero attached hydrogens (tertiary/aromatic N) is 4. The van der Waals surface area contributed by atoms with Crippen LogP contribution in [0.3, 0.4) is 0 Å². The molecular formula is C16H16ClN5O. The van der Waals surface area contributed by atoms with Crippen LogP contribution < -0.4 is 10.2 Å². The van der Waals surface area contributed by atoms with Crippen LogP contribution in [0.15, 0.2) is 43.0 Å². The van der Waals surface area contributed by atoms with E-state index >= 15 is 0 Å². The lowest BCUT2D eigenvalue weighted by molar-refractivity contribution is 0.122. The van der Waals surface area contributed by atoms with Gasteiger partial charge in [-0.05, 0) is 18.2 Å². The number of anilines is 3. The molecule has 0 unspecified atom stereocenters. The highest BCUT2D eigenvalue weighted by Crippen LogP contribution is 2.25. The summed E-state index contributed by atoms with van der Waals surface area (Å²) in [6.45, 7) is 3.33. The van der Waals surface area contributed by atoms with Crippen LogP contribution in [0.1, 0.15) is 0 Å². The fraction of sp³-hybridized carbons (Fsp3) is 0.250. The molecule has 0 spiro atoms. The minimum atomic E-state index is 0.642. The van der Waals surface area contributed by atoms with Crippen LogP contribution in [0.2, 0.25) is 5.02 Å². The van der Waals surface area contributed by atoms with Crippen LogP contribution in [-0.2, 0) is 4.74 Å². The number of halogens is 1. The topological polar surface area (TPSA) is 54.7 Å². The molecule has 1 saturated heterocycles. The Morgan fingerprint density at radius 2 is 2.04 bits per heavy atom. The first-order valence-electron chi connectivity index (χ1n) is 7.47. The highest BCUT2D eigenvalue weighted by atomic mass is 35.5. The van der Waals surface area contributed by atoms with E-state index in [9.17, 15) is 0 Å². The van der Waals surface area contributed by atoms with E-state index in [-0.39, 0.29) is 0 Å². The maximum atomic E-state index is 6.15. The molecule has 4 rings (SSSR count). The van der Waals surface area contributed by atoms with Gasteiger partial charge in [0.05, 0.1) is 35.8 Å². The van der Waals surface area contributed by atoms with Gasteiger partial charge in [-0.1, -0.05) is 11.6 Å². The number of imidazole rings is 1. The van der Waals surface area contributed by atoms with Crippen LogP contribution in [0.5, 0.6) is 0 Å². The predicted molar refractivity (Wildman–Crippen MR) is 90.8 cm³/mol. The molecule has 0 aromatic carbocycles. The van der Waals surface area contributed by atoms with Crippen molar-refractivity contribution in [1.29, 1.82) is 0 Å². The first-order valence-corrected chi connectivity index (χ1v) is 7.85. The Bertz CT molecular complexity index is 811. The van der Waals surface area contributed by atoms with Crippen molar-refractivity contribution in [1.82, 2.24) is 14.4 Å². The van der Waals surface area contributed by atoms with Gasteiger partial charge in [0.25, 0.3) is 0 Å². The molecule has 0 aliphatic carbocycles. The summed E-state index contributed by atoms with van der Waals surface area (Å²) in [7, 11) is 0. The quantitative estimate of drug-likeness (QED) is 0.800. The van der Waals surface area contributed by atoms with E-state index in [4.69, 9.17) is 16.3 Å². The molecule has 0 atom stereocenters. The highest BCUT2D eigenvalue weighted by molar-refractivity contribution is 6.30. The third-order valence-corrected chi connectivity index (χ3v) is 4.05. The molecule has 118 valence electrons. The first-order chi connectivity index (χ1) is 11.3. The van der Waals surface area contributed by atoms with Crippen molar-refractivity contribution in [2.45, 2.75) is 0 Å². The van der Waals surface area contributed by atoms with E-state index in [2.05, 4.69) is 26.3 Å². The Labute approximate surface area is 138 Å². The maximum Gasteiger partial charge on any atom is 0.160 e. The maximum absolute atomic E-state index is 6.15. The van der Waals surface area contributed by atoms with Crippen LogP contribution in [0.25, 0.3) is 5.65 Å². The zero-order valence-electron chi connectivity index (χ0n) is 12.4. The SMILES string of the molecule is Clc1cc(Nc2ccc(N3CCOCC3)cn2)c2nccn2c1. The van der Waals surface area contributed by atoms with E-state index < -0.39 is 0 Å². The smallest absolute Gasteiger partial charge is 0.160 e. The second kappa shape index (κ2) is 6.06. The molecule has 1 N–H and O–H groups in total. The van der Waals surface area contributed by atoms with Gasteiger partial charge < -0.3 is 19.4 Å². The summed E-state index contributed by atoms with van der Waals surface area (Å²) in [6, 6.07) is 5.88. The van der Waals surface area contributed by atoms with E-state index in [1.165, 1.54) is 0 Å². The van der Waals surface area contributed by atoms with Crippen molar-refractivity contribution in [3.05, 3.63) is 48.0 Å². The second-order valence-corrected chi connectivity index (χ2v) is 5.79. The van der Waals surface area contributed by atoms with E-state index in [0.717, 1.165) is 49.1 Å². The number of ether oxygens (including phenoxy) is 1. The molecule has 4 heterocycles. The molecule has 3 aromatic heterocycles. The molecule has 0 amide bonds. The van der Waals surface area contributed by atoms with Gasteiger partial charge >= 0.3 is 0 Å². The molecule has 7 heteroatoms. The van der Waals surface area contributed by atoms with E-state index in [0.29, 0.717) is 5.02 Å². The predicted octanol–water partition coefficient (Wildman–Crippen LogP) is 2.96. The first kappa shape index (κ1) is 14.3. The van der Waals surface area contributed by atoms with Gasteiger partial charge in [-0.3, -0.25) is 0 Å². The summed E-state index contributed by atoms with van der Waals surface area (Å²) in [5, 5.41) is 3.92. The van der Waals surface area contributed by atoms with Crippen molar-refractivity contribution >= 4 is 34.4 Å². The molecule has 3 aromatic rings. The van der Waals surface area contributed by atoms with Crippen molar-refractivity contribution in [3.8, 4) is 0 Å². The third-order valence-electron chi connectivity index (χ3n) is 3.84. The lowest BCUT2D eigenvalue weighted by atomic mass is 10.3. The van der Waals surface area contributed by atoms with Crippen LogP contribution in [0, 0.1) is 0 Å². The average Bonchev–Trinajstić information content (AvgIpc) is 3.05. The number of pyridine rings is 2. The molecule has 0 radical (unpaired) electrons. The number of rotatable bonds is 3. The molecule has 1 fully saturated rings. The number of nitrogens with one attached hydrogen (secondary N) is 1. The van der Waals surface area contributed by atoms with E-state index in [1.54, 1.807) is 6.20 Å². The minimum absolute atomic E-state index is 0.642. The van der Waals surface area contributed by atoms with Gasteiger partial charge in [0.15, 0.2) is 5.65 Å². The molecule has 0 bridgehead atoms. The fourth-order valence-electron chi connectivity index (χ4n) is 2.70. The summed E-state index contributed by atoms with van der Waals surface area (Å²) < 4.78 is 7.25. The third kappa shape index (κ3) is 2.95. The minimum Gasteiger partial charge on any atom is -0.378 e. The van der Waals surface area contributed by atoms with Crippen molar-refractivity contribution in [2.75, 3.05) is 36.5 Å².